The van der Waals surface area contributed by atoms with E-state index in [1.54, 1.807) is 13.0 Å². The first-order valence-electron chi connectivity index (χ1n) is 15.9. The first-order chi connectivity index (χ1) is 20.7. The van der Waals surface area contributed by atoms with Crippen LogP contribution in [0.2, 0.25) is 0 Å². The molecule has 0 radical (unpaired) electrons. The van der Waals surface area contributed by atoms with Crippen LogP contribution in [0.5, 0.6) is 0 Å². The highest BCUT2D eigenvalue weighted by Gasteiger charge is 2.06. The van der Waals surface area contributed by atoms with Gasteiger partial charge in [-0.3, -0.25) is 0 Å². The van der Waals surface area contributed by atoms with Crippen LogP contribution in [0.3, 0.4) is 0 Å². The van der Waals surface area contributed by atoms with Gasteiger partial charge in [-0.2, -0.15) is 0 Å². The topological polar surface area (TPSA) is 15.3 Å². The van der Waals surface area contributed by atoms with Crippen LogP contribution in [0.1, 0.15) is 95.4 Å². The fourth-order valence-corrected chi connectivity index (χ4v) is 4.74. The van der Waals surface area contributed by atoms with Crippen molar-refractivity contribution in [2.24, 2.45) is 0 Å². The number of hydrogen-bond donors (Lipinski definition) is 1. The van der Waals surface area contributed by atoms with Gasteiger partial charge in [0.15, 0.2) is 0 Å². The van der Waals surface area contributed by atoms with E-state index < -0.39 is 0 Å². The largest absolute Gasteiger partial charge is 0.359 e. The van der Waals surface area contributed by atoms with Gasteiger partial charge >= 0.3 is 0 Å². The van der Waals surface area contributed by atoms with Crippen molar-refractivity contribution >= 4 is 11.3 Å². The second-order valence-corrected chi connectivity index (χ2v) is 10.9. The molecule has 2 nitrogen and oxygen atoms in total. The van der Waals surface area contributed by atoms with E-state index in [0.29, 0.717) is 0 Å². The Balaban J connectivity index is 0.000000698. The summed E-state index contributed by atoms with van der Waals surface area (Å²) in [5.74, 6) is 5.01. The maximum Gasteiger partial charge on any atom is 0.0386 e. The molecule has 1 aliphatic rings. The Labute approximate surface area is 266 Å². The minimum absolute atomic E-state index is 1.01. The van der Waals surface area contributed by atoms with Gasteiger partial charge in [-0.1, -0.05) is 82.2 Å². The third kappa shape index (κ3) is 18.4. The highest BCUT2D eigenvalue weighted by Crippen LogP contribution is 2.25. The minimum atomic E-state index is 1.01. The summed E-state index contributed by atoms with van der Waals surface area (Å²) in [4.78, 5) is 2.52. The molecule has 0 atom stereocenters. The van der Waals surface area contributed by atoms with Crippen LogP contribution in [-0.2, 0) is 6.42 Å². The predicted molar refractivity (Wildman–Crippen MR) is 195 cm³/mol. The van der Waals surface area contributed by atoms with Gasteiger partial charge in [-0.15, -0.1) is 25.3 Å². The molecule has 0 saturated heterocycles. The predicted octanol–water partition coefficient (Wildman–Crippen LogP) is 10.9. The van der Waals surface area contributed by atoms with Gasteiger partial charge in [0.25, 0.3) is 0 Å². The van der Waals surface area contributed by atoms with Gasteiger partial charge in [0, 0.05) is 23.5 Å². The lowest BCUT2D eigenvalue weighted by Gasteiger charge is -2.21. The quantitative estimate of drug-likeness (QED) is 0.199. The molecule has 0 spiro atoms. The van der Waals surface area contributed by atoms with Crippen LogP contribution < -0.4 is 5.32 Å². The molecule has 0 aliphatic heterocycles. The van der Waals surface area contributed by atoms with Crippen LogP contribution in [0.25, 0.3) is 5.57 Å². The molecule has 2 heteroatoms. The molecule has 1 N–H and O–H groups in total. The highest BCUT2D eigenvalue weighted by atomic mass is 15.1. The number of rotatable bonds is 12. The Morgan fingerprint density at radius 3 is 2.00 bits per heavy atom. The Kier molecular flexibility index (Phi) is 22.7. The number of anilines is 1. The third-order valence-electron chi connectivity index (χ3n) is 6.47. The van der Waals surface area contributed by atoms with E-state index in [1.165, 1.54) is 60.2 Å². The summed E-state index contributed by atoms with van der Waals surface area (Å²) >= 11 is 0. The van der Waals surface area contributed by atoms with Crippen molar-refractivity contribution in [2.75, 3.05) is 25.0 Å². The summed E-state index contributed by atoms with van der Waals surface area (Å²) in [5.41, 5.74) is 9.91. The number of nitrogens with one attached hydrogen (secondary N) is 1. The molecule has 0 fully saturated rings. The van der Waals surface area contributed by atoms with Crippen molar-refractivity contribution in [1.29, 1.82) is 0 Å². The van der Waals surface area contributed by atoms with Gasteiger partial charge < -0.3 is 10.2 Å². The molecule has 0 unspecified atom stereocenters. The molecule has 2 aromatic carbocycles. The van der Waals surface area contributed by atoms with Gasteiger partial charge in [0.05, 0.1) is 0 Å². The van der Waals surface area contributed by atoms with Crippen LogP contribution >= 0.6 is 0 Å². The van der Waals surface area contributed by atoms with Crippen molar-refractivity contribution in [2.45, 2.75) is 93.4 Å². The average Bonchev–Trinajstić information content (AvgIpc) is 2.97. The summed E-state index contributed by atoms with van der Waals surface area (Å²) in [6.45, 7) is 25.5. The molecular weight excluding hydrogens is 520 g/mol. The van der Waals surface area contributed by atoms with Crippen LogP contribution in [0, 0.1) is 38.5 Å². The molecule has 0 aromatic heterocycles. The van der Waals surface area contributed by atoms with Crippen molar-refractivity contribution in [3.8, 4) is 24.7 Å². The Hall–Kier alpha value is -3.72. The summed E-state index contributed by atoms with van der Waals surface area (Å²) in [5, 5.41) is 3.44. The van der Waals surface area contributed by atoms with E-state index in [2.05, 4.69) is 131 Å². The summed E-state index contributed by atoms with van der Waals surface area (Å²) < 4.78 is 0. The maximum absolute atomic E-state index is 5.46. The lowest BCUT2D eigenvalue weighted by atomic mass is 9.94. The molecule has 0 amide bonds. The number of allylic oxidation sites excluding steroid dienone is 5. The SMILES string of the molecule is C#CC.C#CC1=CC(c2ccc(CCC)cc2)=CCC1.C=C(CCN(CCC)CCC)Nc1cc(C)cc(C)c1.C=CC. The Morgan fingerprint density at radius 1 is 0.953 bits per heavy atom. The summed E-state index contributed by atoms with van der Waals surface area (Å²) in [6, 6.07) is 15.4. The van der Waals surface area contributed by atoms with Crippen LogP contribution in [0.15, 0.2) is 85.1 Å². The maximum atomic E-state index is 5.46. The van der Waals surface area contributed by atoms with E-state index in [0.717, 1.165) is 49.2 Å². The molecule has 0 saturated carbocycles. The van der Waals surface area contributed by atoms with Crippen LogP contribution in [-0.4, -0.2) is 24.5 Å². The van der Waals surface area contributed by atoms with E-state index >= 15 is 0 Å². The first-order valence-corrected chi connectivity index (χ1v) is 15.9. The average molecular weight is 579 g/mol. The normalized spacial score (nSPS) is 11.4. The summed E-state index contributed by atoms with van der Waals surface area (Å²) in [7, 11) is 0. The zero-order valence-corrected chi connectivity index (χ0v) is 28.4. The molecule has 3 rings (SSSR count). The van der Waals surface area contributed by atoms with Crippen molar-refractivity contribution in [3.63, 3.8) is 0 Å². The Bertz CT molecular complexity index is 1190. The molecule has 2 aromatic rings. The van der Waals surface area contributed by atoms with Crippen molar-refractivity contribution in [1.82, 2.24) is 4.90 Å². The van der Waals surface area contributed by atoms with E-state index in [1.807, 2.05) is 6.92 Å². The monoisotopic (exact) mass is 578 g/mol. The molecule has 1 aliphatic carbocycles. The van der Waals surface area contributed by atoms with Crippen molar-refractivity contribution in [3.05, 3.63) is 107 Å². The zero-order chi connectivity index (χ0) is 32.5. The summed E-state index contributed by atoms with van der Waals surface area (Å²) in [6.07, 6.45) is 24.1. The molecule has 0 bridgehead atoms. The van der Waals surface area contributed by atoms with Gasteiger partial charge in [0.2, 0.25) is 0 Å². The number of terminal acetylenes is 2. The standard InChI is InChI=1S/C18H30N2.C17H18.C3H6.C3H4/c1-6-9-20(10-7-2)11-8-17(5)19-18-13-15(3)12-16(4)14-18;1-3-6-15-9-11-16(12-10-15)17-8-5-7-14(4-2)13-17;2*1-3-2/h12-14,19H,5-11H2,1-4H3;2,8-13H,3,5-7H2,1H3;3H,1H2,2H3;1H,2H3. The highest BCUT2D eigenvalue weighted by molar-refractivity contribution is 5.76. The molecular formula is C41H58N2. The minimum Gasteiger partial charge on any atom is -0.359 e. The van der Waals surface area contributed by atoms with E-state index in [9.17, 15) is 0 Å². The molecule has 232 valence electrons. The lowest BCUT2D eigenvalue weighted by Crippen LogP contribution is -2.27. The van der Waals surface area contributed by atoms with Crippen LogP contribution in [0.4, 0.5) is 5.69 Å². The number of nitrogens with zero attached hydrogens (tertiary/aromatic N) is 1. The first kappa shape index (κ1) is 39.3. The number of benzene rings is 2. The Morgan fingerprint density at radius 2 is 1.51 bits per heavy atom. The number of aryl methyl sites for hydroxylation is 3. The second kappa shape index (κ2) is 24.8. The fraction of sp³-hybridized carbons (Fsp3) is 0.415. The van der Waals surface area contributed by atoms with E-state index in [-0.39, 0.29) is 0 Å². The van der Waals surface area contributed by atoms with Gasteiger partial charge in [-0.25, -0.2) is 0 Å². The van der Waals surface area contributed by atoms with Crippen molar-refractivity contribution < 1.29 is 0 Å². The number of hydrogen-bond acceptors (Lipinski definition) is 2. The lowest BCUT2D eigenvalue weighted by molar-refractivity contribution is 0.278. The van der Waals surface area contributed by atoms with E-state index in [4.69, 9.17) is 6.42 Å². The fourth-order valence-electron chi connectivity index (χ4n) is 4.74. The van der Waals surface area contributed by atoms with Gasteiger partial charge in [-0.05, 0) is 125 Å². The third-order valence-corrected chi connectivity index (χ3v) is 6.47. The molecule has 43 heavy (non-hydrogen) atoms. The second-order valence-electron chi connectivity index (χ2n) is 10.9. The smallest absolute Gasteiger partial charge is 0.0386 e. The zero-order valence-electron chi connectivity index (χ0n) is 28.4. The van der Waals surface area contributed by atoms with Gasteiger partial charge in [0.1, 0.15) is 0 Å². The molecule has 0 heterocycles.